The zero-order valence-corrected chi connectivity index (χ0v) is 22.8. The van der Waals surface area contributed by atoms with Crippen molar-refractivity contribution in [1.82, 2.24) is 0 Å². The fourth-order valence-electron chi connectivity index (χ4n) is 4.40. The van der Waals surface area contributed by atoms with Gasteiger partial charge in [0.25, 0.3) is 0 Å². The fourth-order valence-corrected chi connectivity index (χ4v) is 16.5. The average Bonchev–Trinajstić information content (AvgIpc) is 2.83. The van der Waals surface area contributed by atoms with E-state index in [0.29, 0.717) is 0 Å². The summed E-state index contributed by atoms with van der Waals surface area (Å²) in [7, 11) is 0. The van der Waals surface area contributed by atoms with Crippen molar-refractivity contribution in [2.45, 2.75) is 33.3 Å². The summed E-state index contributed by atoms with van der Waals surface area (Å²) in [5.41, 5.74) is 3.62. The van der Waals surface area contributed by atoms with Crippen molar-refractivity contribution in [3.8, 4) is 0 Å². The van der Waals surface area contributed by atoms with Crippen LogP contribution in [0.25, 0.3) is 0 Å². The molecule has 0 amide bonds. The first-order valence-electron chi connectivity index (χ1n) is 11.5. The third kappa shape index (κ3) is 5.00. The van der Waals surface area contributed by atoms with Gasteiger partial charge in [0.2, 0.25) is 0 Å². The van der Waals surface area contributed by atoms with E-state index in [1.54, 1.807) is 0 Å². The van der Waals surface area contributed by atoms with Crippen LogP contribution in [0.1, 0.15) is 29.2 Å². The molecule has 1 unspecified atom stereocenters. The number of aliphatic hydroxyl groups is 1. The first-order valence-corrected chi connectivity index (χ1v) is 17.4. The van der Waals surface area contributed by atoms with E-state index in [2.05, 4.69) is 97.7 Å². The molecule has 4 aromatic rings. The van der Waals surface area contributed by atoms with Gasteiger partial charge in [-0.3, -0.25) is 0 Å². The Morgan fingerprint density at radius 3 is 1.30 bits per heavy atom. The summed E-state index contributed by atoms with van der Waals surface area (Å²) < 4.78 is 6.52. The number of hydrogen-bond acceptors (Lipinski definition) is 1. The molecule has 0 aliphatic carbocycles. The molecule has 166 valence electrons. The van der Waals surface area contributed by atoms with Gasteiger partial charge in [0.1, 0.15) is 0 Å². The predicted molar refractivity (Wildman–Crippen MR) is 143 cm³/mol. The molecule has 0 saturated heterocycles. The Kier molecular flexibility index (Phi) is 6.92. The minimum absolute atomic E-state index is 0.901. The standard InChI is InChI=1S/C10H11O.3C7H7.Sn/c1-3-10(2,11)9-7-5-4-6-8-9;3*1-7-5-3-2-4-6-7;/h1,3-8,11H,2H3;3*3-6H,1H3;. The molecule has 0 spiro atoms. The third-order valence-corrected chi connectivity index (χ3v) is 19.1. The van der Waals surface area contributed by atoms with Crippen molar-refractivity contribution >= 4 is 29.1 Å². The van der Waals surface area contributed by atoms with Crippen LogP contribution in [0.15, 0.2) is 113 Å². The number of hydrogen-bond donors (Lipinski definition) is 1. The summed E-state index contributed by atoms with van der Waals surface area (Å²) in [5, 5.41) is 11.5. The molecule has 0 saturated carbocycles. The molecule has 1 N–H and O–H groups in total. The zero-order chi connectivity index (χ0) is 23.5. The second-order valence-electron chi connectivity index (χ2n) is 9.25. The maximum atomic E-state index is 11.5. The van der Waals surface area contributed by atoms with Crippen molar-refractivity contribution in [3.63, 3.8) is 0 Å². The van der Waals surface area contributed by atoms with Crippen molar-refractivity contribution in [1.29, 1.82) is 0 Å². The summed E-state index contributed by atoms with van der Waals surface area (Å²) in [6, 6.07) is 37.0. The van der Waals surface area contributed by atoms with Gasteiger partial charge in [0, 0.05) is 0 Å². The Bertz CT molecular complexity index is 1110. The van der Waals surface area contributed by atoms with Crippen LogP contribution in [0.3, 0.4) is 0 Å². The molecular formula is C31H32OSn. The Morgan fingerprint density at radius 1 is 0.576 bits per heavy atom. The molecule has 0 bridgehead atoms. The van der Waals surface area contributed by atoms with E-state index < -0.39 is 24.0 Å². The van der Waals surface area contributed by atoms with Crippen LogP contribution < -0.4 is 10.7 Å². The summed E-state index contributed by atoms with van der Waals surface area (Å²) >= 11 is -3.61. The molecule has 4 aromatic carbocycles. The van der Waals surface area contributed by atoms with Crippen LogP contribution >= 0.6 is 0 Å². The molecule has 0 aliphatic rings. The van der Waals surface area contributed by atoms with Gasteiger partial charge in [-0.25, -0.2) is 0 Å². The van der Waals surface area contributed by atoms with Gasteiger partial charge in [0.15, 0.2) is 0 Å². The zero-order valence-electron chi connectivity index (χ0n) is 19.9. The molecule has 0 fully saturated rings. The molecule has 0 heterocycles. The number of aryl methyl sites for hydroxylation is 3. The van der Waals surface area contributed by atoms with Crippen LogP contribution in [0, 0.1) is 20.8 Å². The SMILES string of the molecule is Cc1cc[c]([Sn]([CH]=CC(C)(O)c2ccccc2)([c]2ccc(C)cc2)[c]2ccc(C)cc2)cc1. The van der Waals surface area contributed by atoms with Crippen LogP contribution in [0.5, 0.6) is 0 Å². The first kappa shape index (κ1) is 23.5. The maximum absolute atomic E-state index is 11.5. The van der Waals surface area contributed by atoms with Gasteiger partial charge in [-0.1, -0.05) is 0 Å². The normalized spacial score (nSPS) is 13.7. The van der Waals surface area contributed by atoms with Gasteiger partial charge in [-0.2, -0.15) is 0 Å². The summed E-state index contributed by atoms with van der Waals surface area (Å²) in [4.78, 5) is 0. The molecule has 1 nitrogen and oxygen atoms in total. The van der Waals surface area contributed by atoms with E-state index >= 15 is 0 Å². The minimum atomic E-state index is -3.61. The predicted octanol–water partition coefficient (Wildman–Crippen LogP) is 5.09. The first-order chi connectivity index (χ1) is 15.8. The van der Waals surface area contributed by atoms with Crippen LogP contribution in [-0.4, -0.2) is 23.5 Å². The Labute approximate surface area is 202 Å². The van der Waals surface area contributed by atoms with E-state index in [0.717, 1.165) is 5.56 Å². The number of benzene rings is 4. The molecular weight excluding hydrogens is 507 g/mol. The van der Waals surface area contributed by atoms with Crippen LogP contribution in [0.2, 0.25) is 0 Å². The van der Waals surface area contributed by atoms with E-state index in [4.69, 9.17) is 0 Å². The van der Waals surface area contributed by atoms with Gasteiger partial charge >= 0.3 is 203 Å². The van der Waals surface area contributed by atoms with E-state index in [1.165, 1.54) is 27.4 Å². The quantitative estimate of drug-likeness (QED) is 0.339. The van der Waals surface area contributed by atoms with E-state index in [1.807, 2.05) is 43.3 Å². The van der Waals surface area contributed by atoms with Gasteiger partial charge in [-0.05, 0) is 0 Å². The monoisotopic (exact) mass is 540 g/mol. The van der Waals surface area contributed by atoms with E-state index in [-0.39, 0.29) is 0 Å². The third-order valence-electron chi connectivity index (χ3n) is 6.54. The van der Waals surface area contributed by atoms with Gasteiger partial charge in [0.05, 0.1) is 0 Å². The average molecular weight is 539 g/mol. The second kappa shape index (κ2) is 9.70. The van der Waals surface area contributed by atoms with Crippen molar-refractivity contribution in [3.05, 3.63) is 136 Å². The van der Waals surface area contributed by atoms with Crippen LogP contribution in [0.4, 0.5) is 0 Å². The molecule has 2 heteroatoms. The molecule has 0 radical (unpaired) electrons. The molecule has 0 aromatic heterocycles. The summed E-state index contributed by atoms with van der Waals surface area (Å²) in [6.07, 6.45) is 2.04. The molecule has 4 rings (SSSR count). The van der Waals surface area contributed by atoms with Crippen LogP contribution in [-0.2, 0) is 5.60 Å². The Morgan fingerprint density at radius 2 is 0.939 bits per heavy atom. The van der Waals surface area contributed by atoms with Crippen molar-refractivity contribution < 1.29 is 5.11 Å². The van der Waals surface area contributed by atoms with Crippen molar-refractivity contribution in [2.24, 2.45) is 0 Å². The molecule has 1 atom stereocenters. The van der Waals surface area contributed by atoms with Gasteiger partial charge < -0.3 is 0 Å². The summed E-state index contributed by atoms with van der Waals surface area (Å²) in [6.45, 7) is 8.28. The van der Waals surface area contributed by atoms with Gasteiger partial charge in [-0.15, -0.1) is 0 Å². The molecule has 33 heavy (non-hydrogen) atoms. The topological polar surface area (TPSA) is 20.2 Å². The van der Waals surface area contributed by atoms with E-state index in [9.17, 15) is 5.11 Å². The fraction of sp³-hybridized carbons (Fsp3) is 0.161. The Balaban J connectivity index is 1.99. The Hall–Kier alpha value is -2.62. The summed E-state index contributed by atoms with van der Waals surface area (Å²) in [5.74, 6) is 0. The molecule has 0 aliphatic heterocycles. The van der Waals surface area contributed by atoms with Crippen molar-refractivity contribution in [2.75, 3.05) is 0 Å². The number of rotatable bonds is 6. The second-order valence-corrected chi connectivity index (χ2v) is 19.8.